The standard InChI is InChI=1S/C16H18ClN3O/c1-12(15-8-4-5-10-18-15)20-16(21)19-11-9-13-6-2-3-7-14(13)17/h2-8,10,12H,9,11H2,1H3,(H2,19,20,21). The predicted molar refractivity (Wildman–Crippen MR) is 84.3 cm³/mol. The maximum Gasteiger partial charge on any atom is 0.315 e. The van der Waals surface area contributed by atoms with E-state index < -0.39 is 0 Å². The molecule has 2 amide bonds. The third-order valence-electron chi connectivity index (χ3n) is 3.12. The van der Waals surface area contributed by atoms with Crippen molar-refractivity contribution in [2.75, 3.05) is 6.54 Å². The molecule has 21 heavy (non-hydrogen) atoms. The smallest absolute Gasteiger partial charge is 0.315 e. The van der Waals surface area contributed by atoms with Gasteiger partial charge in [-0.25, -0.2) is 4.79 Å². The number of halogens is 1. The Balaban J connectivity index is 1.76. The summed E-state index contributed by atoms with van der Waals surface area (Å²) in [5, 5.41) is 6.40. The van der Waals surface area contributed by atoms with Crippen LogP contribution in [0.1, 0.15) is 24.2 Å². The maximum atomic E-state index is 11.8. The zero-order valence-electron chi connectivity index (χ0n) is 11.8. The molecular weight excluding hydrogens is 286 g/mol. The molecule has 0 bridgehead atoms. The van der Waals surface area contributed by atoms with E-state index in [4.69, 9.17) is 11.6 Å². The first-order valence-electron chi connectivity index (χ1n) is 6.85. The molecule has 2 rings (SSSR count). The highest BCUT2D eigenvalue weighted by atomic mass is 35.5. The van der Waals surface area contributed by atoms with E-state index in [9.17, 15) is 4.79 Å². The number of urea groups is 1. The fourth-order valence-electron chi connectivity index (χ4n) is 1.97. The van der Waals surface area contributed by atoms with Crippen molar-refractivity contribution < 1.29 is 4.79 Å². The van der Waals surface area contributed by atoms with Crippen LogP contribution in [0.3, 0.4) is 0 Å². The van der Waals surface area contributed by atoms with E-state index >= 15 is 0 Å². The van der Waals surface area contributed by atoms with E-state index in [1.54, 1.807) is 6.20 Å². The second-order valence-electron chi connectivity index (χ2n) is 4.72. The van der Waals surface area contributed by atoms with Crippen LogP contribution in [-0.2, 0) is 6.42 Å². The zero-order chi connectivity index (χ0) is 15.1. The van der Waals surface area contributed by atoms with Gasteiger partial charge in [0.05, 0.1) is 11.7 Å². The summed E-state index contributed by atoms with van der Waals surface area (Å²) in [5.74, 6) is 0. The van der Waals surface area contributed by atoms with E-state index in [-0.39, 0.29) is 12.1 Å². The topological polar surface area (TPSA) is 54.0 Å². The lowest BCUT2D eigenvalue weighted by Gasteiger charge is -2.14. The Morgan fingerprint density at radius 1 is 1.24 bits per heavy atom. The molecule has 0 aliphatic rings. The van der Waals surface area contributed by atoms with Crippen LogP contribution in [0, 0.1) is 0 Å². The number of hydrogen-bond acceptors (Lipinski definition) is 2. The summed E-state index contributed by atoms with van der Waals surface area (Å²) < 4.78 is 0. The van der Waals surface area contributed by atoms with E-state index in [0.717, 1.165) is 16.3 Å². The summed E-state index contributed by atoms with van der Waals surface area (Å²) in [6.45, 7) is 2.43. The molecule has 0 spiro atoms. The Hall–Kier alpha value is -2.07. The van der Waals surface area contributed by atoms with Crippen molar-refractivity contribution in [3.63, 3.8) is 0 Å². The minimum absolute atomic E-state index is 0.133. The van der Waals surface area contributed by atoms with Gasteiger partial charge in [0.1, 0.15) is 0 Å². The Bertz CT molecular complexity index is 589. The number of carbonyl (C=O) groups excluding carboxylic acids is 1. The van der Waals surface area contributed by atoms with Crippen LogP contribution in [-0.4, -0.2) is 17.6 Å². The van der Waals surface area contributed by atoms with E-state index in [2.05, 4.69) is 15.6 Å². The third kappa shape index (κ3) is 4.76. The second kappa shape index (κ2) is 7.64. The lowest BCUT2D eigenvalue weighted by molar-refractivity contribution is 0.238. The highest BCUT2D eigenvalue weighted by Crippen LogP contribution is 2.14. The number of carbonyl (C=O) groups is 1. The quantitative estimate of drug-likeness (QED) is 0.890. The molecule has 1 atom stereocenters. The van der Waals surface area contributed by atoms with Gasteiger partial charge in [0.25, 0.3) is 0 Å². The number of amides is 2. The minimum Gasteiger partial charge on any atom is -0.338 e. The fourth-order valence-corrected chi connectivity index (χ4v) is 2.20. The van der Waals surface area contributed by atoms with Gasteiger partial charge in [-0.15, -0.1) is 0 Å². The van der Waals surface area contributed by atoms with Crippen LogP contribution in [0.25, 0.3) is 0 Å². The van der Waals surface area contributed by atoms with Crippen molar-refractivity contribution in [2.45, 2.75) is 19.4 Å². The number of pyridine rings is 1. The van der Waals surface area contributed by atoms with Gasteiger partial charge in [-0.1, -0.05) is 35.9 Å². The van der Waals surface area contributed by atoms with Crippen LogP contribution in [0.2, 0.25) is 5.02 Å². The lowest BCUT2D eigenvalue weighted by Crippen LogP contribution is -2.38. The van der Waals surface area contributed by atoms with Gasteiger partial charge in [0.15, 0.2) is 0 Å². The van der Waals surface area contributed by atoms with Gasteiger partial charge >= 0.3 is 6.03 Å². The number of benzene rings is 1. The van der Waals surface area contributed by atoms with Crippen molar-refractivity contribution in [1.29, 1.82) is 0 Å². The Morgan fingerprint density at radius 3 is 2.71 bits per heavy atom. The van der Waals surface area contributed by atoms with Gasteiger partial charge in [-0.2, -0.15) is 0 Å². The molecule has 0 saturated heterocycles. The normalized spacial score (nSPS) is 11.7. The first-order chi connectivity index (χ1) is 10.2. The Kier molecular flexibility index (Phi) is 5.58. The molecular formula is C16H18ClN3O. The summed E-state index contributed by atoms with van der Waals surface area (Å²) in [4.78, 5) is 16.0. The fraction of sp³-hybridized carbons (Fsp3) is 0.250. The summed E-state index contributed by atoms with van der Waals surface area (Å²) in [7, 11) is 0. The molecule has 1 aromatic heterocycles. The second-order valence-corrected chi connectivity index (χ2v) is 5.13. The van der Waals surface area contributed by atoms with Crippen LogP contribution < -0.4 is 10.6 Å². The molecule has 2 N–H and O–H groups in total. The molecule has 0 fully saturated rings. The highest BCUT2D eigenvalue weighted by Gasteiger charge is 2.09. The summed E-state index contributed by atoms with van der Waals surface area (Å²) in [6, 6.07) is 12.9. The summed E-state index contributed by atoms with van der Waals surface area (Å²) >= 11 is 6.07. The monoisotopic (exact) mass is 303 g/mol. The molecule has 2 aromatic rings. The molecule has 0 aliphatic carbocycles. The zero-order valence-corrected chi connectivity index (χ0v) is 12.6. The third-order valence-corrected chi connectivity index (χ3v) is 3.49. The number of nitrogens with zero attached hydrogens (tertiary/aromatic N) is 1. The predicted octanol–water partition coefficient (Wildman–Crippen LogP) is 3.34. The molecule has 1 unspecified atom stereocenters. The van der Waals surface area contributed by atoms with Crippen molar-refractivity contribution >= 4 is 17.6 Å². The van der Waals surface area contributed by atoms with Gasteiger partial charge < -0.3 is 10.6 Å². The average Bonchev–Trinajstić information content (AvgIpc) is 2.50. The molecule has 0 aliphatic heterocycles. The van der Waals surface area contributed by atoms with Crippen molar-refractivity contribution in [3.8, 4) is 0 Å². The average molecular weight is 304 g/mol. The van der Waals surface area contributed by atoms with Crippen LogP contribution >= 0.6 is 11.6 Å². The van der Waals surface area contributed by atoms with E-state index in [1.807, 2.05) is 49.4 Å². The lowest BCUT2D eigenvalue weighted by atomic mass is 10.1. The van der Waals surface area contributed by atoms with Crippen LogP contribution in [0.4, 0.5) is 4.79 Å². The molecule has 0 radical (unpaired) electrons. The van der Waals surface area contributed by atoms with Gasteiger partial charge in [0.2, 0.25) is 0 Å². The molecule has 110 valence electrons. The van der Waals surface area contributed by atoms with E-state index in [0.29, 0.717) is 13.0 Å². The number of nitrogens with one attached hydrogen (secondary N) is 2. The number of hydrogen-bond donors (Lipinski definition) is 2. The van der Waals surface area contributed by atoms with Crippen molar-refractivity contribution in [1.82, 2.24) is 15.6 Å². The minimum atomic E-state index is -0.208. The maximum absolute atomic E-state index is 11.8. The Labute approximate surface area is 129 Å². The molecule has 4 nitrogen and oxygen atoms in total. The molecule has 1 heterocycles. The summed E-state index contributed by atoms with van der Waals surface area (Å²) in [6.07, 6.45) is 2.41. The SMILES string of the molecule is CC(NC(=O)NCCc1ccccc1Cl)c1ccccn1. The highest BCUT2D eigenvalue weighted by molar-refractivity contribution is 6.31. The largest absolute Gasteiger partial charge is 0.338 e. The first kappa shape index (κ1) is 15.3. The molecule has 0 saturated carbocycles. The van der Waals surface area contributed by atoms with E-state index in [1.165, 1.54) is 0 Å². The molecule has 5 heteroatoms. The van der Waals surface area contributed by atoms with Crippen LogP contribution in [0.5, 0.6) is 0 Å². The number of aromatic nitrogens is 1. The van der Waals surface area contributed by atoms with Crippen LogP contribution in [0.15, 0.2) is 48.7 Å². The van der Waals surface area contributed by atoms with Gasteiger partial charge in [-0.3, -0.25) is 4.98 Å². The molecule has 1 aromatic carbocycles. The van der Waals surface area contributed by atoms with Gasteiger partial charge in [0, 0.05) is 17.8 Å². The summed E-state index contributed by atoms with van der Waals surface area (Å²) in [5.41, 5.74) is 1.86. The van der Waals surface area contributed by atoms with Crippen molar-refractivity contribution in [3.05, 3.63) is 64.9 Å². The first-order valence-corrected chi connectivity index (χ1v) is 7.23. The number of rotatable bonds is 5. The van der Waals surface area contributed by atoms with Crippen molar-refractivity contribution in [2.24, 2.45) is 0 Å². The Morgan fingerprint density at radius 2 is 2.00 bits per heavy atom. The van der Waals surface area contributed by atoms with Gasteiger partial charge in [-0.05, 0) is 37.1 Å².